The number of aryl methyl sites for hydroxylation is 1. The number of hydrogen-bond donors (Lipinski definition) is 2. The van der Waals surface area contributed by atoms with Crippen LogP contribution in [0.1, 0.15) is 57.4 Å². The van der Waals surface area contributed by atoms with E-state index in [1.54, 1.807) is 32.4 Å². The smallest absolute Gasteiger partial charge is 0.422 e. The number of thiophene rings is 1. The normalized spacial score (nSPS) is 15.7. The second-order valence-electron chi connectivity index (χ2n) is 9.23. The molecule has 0 radical (unpaired) electrons. The van der Waals surface area contributed by atoms with Crippen molar-refractivity contribution >= 4 is 27.6 Å². The summed E-state index contributed by atoms with van der Waals surface area (Å²) >= 11 is 1.38. The Hall–Kier alpha value is -2.17. The van der Waals surface area contributed by atoms with Crippen LogP contribution in [0, 0.1) is 6.92 Å². The molecule has 1 aliphatic rings. The van der Waals surface area contributed by atoms with E-state index in [2.05, 4.69) is 10.9 Å². The molecule has 3 rings (SSSR count). The number of aromatic nitrogens is 2. The van der Waals surface area contributed by atoms with Gasteiger partial charge >= 0.3 is 11.8 Å². The largest absolute Gasteiger partial charge is 0.443 e. The molecule has 0 atom stereocenters. The third-order valence-corrected chi connectivity index (χ3v) is 6.95. The predicted octanol–water partition coefficient (Wildman–Crippen LogP) is 2.61. The minimum atomic E-state index is -0.598. The molecule has 1 saturated carbocycles. The molecule has 2 aromatic rings. The van der Waals surface area contributed by atoms with E-state index in [4.69, 9.17) is 9.47 Å². The summed E-state index contributed by atoms with van der Waals surface area (Å²) in [7, 11) is 1.59. The van der Waals surface area contributed by atoms with Gasteiger partial charge in [-0.15, -0.1) is 11.3 Å². The number of hydrogen-bond acceptors (Lipinski definition) is 7. The predicted molar refractivity (Wildman–Crippen MR) is 121 cm³/mol. The number of carbonyl (C=O) groups excluding carboxylic acids is 1. The summed E-state index contributed by atoms with van der Waals surface area (Å²) in [6.07, 6.45) is 2.06. The summed E-state index contributed by atoms with van der Waals surface area (Å²) in [5.74, 6) is 0. The third kappa shape index (κ3) is 4.70. The van der Waals surface area contributed by atoms with Gasteiger partial charge in [0.1, 0.15) is 10.4 Å². The lowest BCUT2D eigenvalue weighted by Gasteiger charge is -2.39. The van der Waals surface area contributed by atoms with E-state index in [9.17, 15) is 14.4 Å². The van der Waals surface area contributed by atoms with Crippen molar-refractivity contribution < 1.29 is 14.3 Å². The zero-order valence-electron chi connectivity index (χ0n) is 19.1. The van der Waals surface area contributed by atoms with Crippen LogP contribution in [-0.4, -0.2) is 34.5 Å². The highest BCUT2D eigenvalue weighted by molar-refractivity contribution is 7.18. The van der Waals surface area contributed by atoms with Crippen LogP contribution in [0.4, 0.5) is 4.79 Å². The Labute approximate surface area is 185 Å². The van der Waals surface area contributed by atoms with E-state index in [1.165, 1.54) is 15.9 Å². The Morgan fingerprint density at radius 3 is 2.48 bits per heavy atom. The molecule has 1 aliphatic carbocycles. The van der Waals surface area contributed by atoms with Crippen molar-refractivity contribution in [1.29, 1.82) is 0 Å². The molecule has 31 heavy (non-hydrogen) atoms. The summed E-state index contributed by atoms with van der Waals surface area (Å²) in [5.41, 5.74) is 4.61. The summed E-state index contributed by atoms with van der Waals surface area (Å²) in [5, 5.41) is 0.558. The van der Waals surface area contributed by atoms with Gasteiger partial charge in [0.05, 0.1) is 18.5 Å². The minimum Gasteiger partial charge on any atom is -0.443 e. The van der Waals surface area contributed by atoms with Crippen LogP contribution >= 0.6 is 11.3 Å². The maximum absolute atomic E-state index is 13.4. The molecule has 2 N–H and O–H groups in total. The second kappa shape index (κ2) is 8.76. The van der Waals surface area contributed by atoms with Crippen LogP contribution in [0.5, 0.6) is 0 Å². The maximum atomic E-state index is 13.4. The van der Waals surface area contributed by atoms with Crippen LogP contribution in [0.15, 0.2) is 9.59 Å². The highest BCUT2D eigenvalue weighted by Gasteiger charge is 2.38. The molecule has 0 aliphatic heterocycles. The first-order chi connectivity index (χ1) is 14.5. The highest BCUT2D eigenvalue weighted by Crippen LogP contribution is 2.37. The lowest BCUT2D eigenvalue weighted by molar-refractivity contribution is 0.0497. The van der Waals surface area contributed by atoms with Gasteiger partial charge in [-0.25, -0.2) is 15.0 Å². The van der Waals surface area contributed by atoms with Crippen molar-refractivity contribution in [3.8, 4) is 0 Å². The molecule has 0 unspecified atom stereocenters. The molecule has 2 heterocycles. The molecular weight excluding hydrogens is 420 g/mol. The Kier molecular flexibility index (Phi) is 6.64. The first-order valence-electron chi connectivity index (χ1n) is 10.5. The zero-order valence-corrected chi connectivity index (χ0v) is 19.9. The van der Waals surface area contributed by atoms with Gasteiger partial charge < -0.3 is 9.47 Å². The average molecular weight is 453 g/mol. The van der Waals surface area contributed by atoms with Crippen molar-refractivity contribution in [2.45, 2.75) is 78.1 Å². The number of hydrazine groups is 1. The molecule has 0 bridgehead atoms. The van der Waals surface area contributed by atoms with Crippen LogP contribution in [0.25, 0.3) is 10.2 Å². The number of methoxy groups -OCH3 is 1. The topological polar surface area (TPSA) is 104 Å². The Morgan fingerprint density at radius 2 is 1.94 bits per heavy atom. The Bertz CT molecular complexity index is 1090. The first kappa shape index (κ1) is 23.5. The molecule has 0 spiro atoms. The van der Waals surface area contributed by atoms with Crippen molar-refractivity contribution in [2.75, 3.05) is 13.7 Å². The number of carbonyl (C=O) groups is 1. The van der Waals surface area contributed by atoms with Gasteiger partial charge in [-0.2, -0.15) is 0 Å². The van der Waals surface area contributed by atoms with Gasteiger partial charge in [-0.05, 0) is 59.4 Å². The summed E-state index contributed by atoms with van der Waals surface area (Å²) in [4.78, 5) is 40.1. The molecule has 172 valence electrons. The third-order valence-electron chi connectivity index (χ3n) is 5.64. The van der Waals surface area contributed by atoms with Crippen LogP contribution < -0.4 is 22.1 Å². The summed E-state index contributed by atoms with van der Waals surface area (Å²) in [6, 6.07) is 0. The molecule has 0 saturated heterocycles. The average Bonchev–Trinajstić information content (AvgIpc) is 2.95. The monoisotopic (exact) mass is 452 g/mol. The Balaban J connectivity index is 1.98. The number of amides is 1. The number of rotatable bonds is 7. The van der Waals surface area contributed by atoms with E-state index in [0.717, 1.165) is 29.7 Å². The van der Waals surface area contributed by atoms with Crippen molar-refractivity contribution in [3.63, 3.8) is 0 Å². The van der Waals surface area contributed by atoms with Gasteiger partial charge in [0.15, 0.2) is 0 Å². The van der Waals surface area contributed by atoms with E-state index in [-0.39, 0.29) is 11.2 Å². The fourth-order valence-electron chi connectivity index (χ4n) is 3.83. The first-order valence-corrected chi connectivity index (χ1v) is 11.3. The molecule has 0 aromatic carbocycles. The number of fused-ring (bicyclic) bond motifs is 1. The molecular formula is C21H32N4O5S. The molecule has 10 heteroatoms. The summed E-state index contributed by atoms with van der Waals surface area (Å²) in [6.45, 7) is 10.3. The Morgan fingerprint density at radius 1 is 1.26 bits per heavy atom. The van der Waals surface area contributed by atoms with E-state index in [1.807, 2.05) is 13.8 Å². The number of nitrogens with one attached hydrogen (secondary N) is 2. The van der Waals surface area contributed by atoms with Crippen LogP contribution in [0.3, 0.4) is 0 Å². The SMILES string of the molecule is COCCn1c(=O)n(C2(C)CCC2)c(=O)c2c(C)c(CNNC(=O)OC(C)(C)C)sc21. The number of nitrogens with zero attached hydrogens (tertiary/aromatic N) is 2. The van der Waals surface area contributed by atoms with Crippen molar-refractivity contribution in [1.82, 2.24) is 20.0 Å². The van der Waals surface area contributed by atoms with E-state index >= 15 is 0 Å². The quantitative estimate of drug-likeness (QED) is 0.626. The fraction of sp³-hybridized carbons (Fsp3) is 0.667. The maximum Gasteiger partial charge on any atom is 0.422 e. The number of ether oxygens (including phenoxy) is 2. The van der Waals surface area contributed by atoms with Gasteiger partial charge in [0, 0.05) is 24.1 Å². The standard InChI is InChI=1S/C21H32N4O5S/c1-13-14(12-22-23-18(27)30-20(2,3)4)31-17-15(13)16(26)25(21(5)8-7-9-21)19(28)24(17)10-11-29-6/h22H,7-12H2,1-6H3,(H,23,27). The van der Waals surface area contributed by atoms with Crippen molar-refractivity contribution in [3.05, 3.63) is 31.3 Å². The van der Waals surface area contributed by atoms with Crippen molar-refractivity contribution in [2.24, 2.45) is 0 Å². The molecule has 2 aromatic heterocycles. The van der Waals surface area contributed by atoms with Gasteiger partial charge in [0.25, 0.3) is 5.56 Å². The lowest BCUT2D eigenvalue weighted by Crippen LogP contribution is -2.53. The molecule has 1 amide bonds. The minimum absolute atomic E-state index is 0.240. The van der Waals surface area contributed by atoms with Gasteiger partial charge in [-0.3, -0.25) is 19.4 Å². The van der Waals surface area contributed by atoms with E-state index in [0.29, 0.717) is 29.9 Å². The highest BCUT2D eigenvalue weighted by atomic mass is 32.1. The van der Waals surface area contributed by atoms with Gasteiger partial charge in [0.2, 0.25) is 0 Å². The van der Waals surface area contributed by atoms with E-state index < -0.39 is 17.2 Å². The molecule has 9 nitrogen and oxygen atoms in total. The van der Waals surface area contributed by atoms with Gasteiger partial charge in [-0.1, -0.05) is 0 Å². The lowest BCUT2D eigenvalue weighted by atomic mass is 9.78. The fourth-order valence-corrected chi connectivity index (χ4v) is 5.08. The van der Waals surface area contributed by atoms with Crippen LogP contribution in [0.2, 0.25) is 0 Å². The zero-order chi connectivity index (χ0) is 23.0. The summed E-state index contributed by atoms with van der Waals surface area (Å²) < 4.78 is 13.5. The molecule has 1 fully saturated rings. The van der Waals surface area contributed by atoms with Crippen LogP contribution in [-0.2, 0) is 28.1 Å². The second-order valence-corrected chi connectivity index (χ2v) is 10.3.